The smallest absolute Gasteiger partial charge is 0.366 e. The number of rotatable bonds is 5. The Labute approximate surface area is 157 Å². The largest absolute Gasteiger partial charge is 0.477 e. The van der Waals surface area contributed by atoms with E-state index < -0.39 is 34.0 Å². The van der Waals surface area contributed by atoms with Crippen LogP contribution in [0.2, 0.25) is 0 Å². The molecule has 0 spiro atoms. The summed E-state index contributed by atoms with van der Waals surface area (Å²) in [6, 6.07) is 6.40. The number of non-ortho nitro benzene ring substituents is 1. The number of carbonyl (C=O) groups is 2. The molecule has 28 heavy (non-hydrogen) atoms. The molecule has 0 unspecified atom stereocenters. The van der Waals surface area contributed by atoms with E-state index >= 15 is 0 Å². The van der Waals surface area contributed by atoms with Gasteiger partial charge in [0.1, 0.15) is 6.54 Å². The van der Waals surface area contributed by atoms with Gasteiger partial charge in [-0.3, -0.25) is 24.6 Å². The number of aromatic nitrogens is 1. The number of nitro benzene ring substituents is 1. The second-order valence-corrected chi connectivity index (χ2v) is 5.82. The van der Waals surface area contributed by atoms with Crippen LogP contribution in [0.5, 0.6) is 5.75 Å². The molecule has 2 aromatic rings. The van der Waals surface area contributed by atoms with Crippen LogP contribution in [0.4, 0.5) is 23.0 Å². The molecule has 0 saturated carbocycles. The van der Waals surface area contributed by atoms with E-state index in [4.69, 9.17) is 4.74 Å². The van der Waals surface area contributed by atoms with Crippen molar-refractivity contribution in [1.82, 2.24) is 4.98 Å². The highest BCUT2D eigenvalue weighted by molar-refractivity contribution is 6.04. The van der Waals surface area contributed by atoms with Crippen molar-refractivity contribution in [1.29, 1.82) is 0 Å². The number of anilines is 2. The summed E-state index contributed by atoms with van der Waals surface area (Å²) in [6.45, 7) is 0.806. The van der Waals surface area contributed by atoms with Crippen molar-refractivity contribution in [2.75, 3.05) is 23.4 Å². The summed E-state index contributed by atoms with van der Waals surface area (Å²) in [7, 11) is 0. The minimum Gasteiger partial charge on any atom is -0.477 e. The Hall–Kier alpha value is -4.09. The van der Waals surface area contributed by atoms with Crippen molar-refractivity contribution < 1.29 is 24.2 Å². The van der Waals surface area contributed by atoms with E-state index in [9.17, 15) is 29.8 Å². The highest BCUT2D eigenvalue weighted by atomic mass is 16.6. The maximum absolute atomic E-state index is 12.4. The van der Waals surface area contributed by atoms with E-state index in [-0.39, 0.29) is 29.5 Å². The third kappa shape index (κ3) is 3.70. The molecular weight excluding hydrogens is 374 g/mol. The third-order valence-electron chi connectivity index (χ3n) is 3.93. The number of fused-ring (bicyclic) bond motifs is 1. The number of aryl methyl sites for hydroxylation is 1. The number of hydrogen-bond donors (Lipinski definition) is 1. The number of nitro groups is 2. The maximum atomic E-state index is 12.4. The lowest BCUT2D eigenvalue weighted by Crippen LogP contribution is -2.44. The molecule has 12 nitrogen and oxygen atoms in total. The molecule has 1 N–H and O–H groups in total. The molecule has 0 atom stereocenters. The lowest BCUT2D eigenvalue weighted by molar-refractivity contribution is -0.389. The van der Waals surface area contributed by atoms with Gasteiger partial charge in [-0.2, -0.15) is 0 Å². The predicted molar refractivity (Wildman–Crippen MR) is 95.2 cm³/mol. The van der Waals surface area contributed by atoms with Crippen LogP contribution in [0.15, 0.2) is 30.3 Å². The molecule has 144 valence electrons. The molecule has 3 rings (SSSR count). The van der Waals surface area contributed by atoms with E-state index in [0.29, 0.717) is 5.56 Å². The zero-order valence-electron chi connectivity index (χ0n) is 14.4. The fraction of sp³-hybridized carbons (Fsp3) is 0.188. The first-order valence-corrected chi connectivity index (χ1v) is 7.90. The van der Waals surface area contributed by atoms with Gasteiger partial charge in [0.2, 0.25) is 5.91 Å². The van der Waals surface area contributed by atoms with E-state index in [1.54, 1.807) is 6.92 Å². The van der Waals surface area contributed by atoms with Crippen molar-refractivity contribution in [2.45, 2.75) is 6.92 Å². The van der Waals surface area contributed by atoms with Gasteiger partial charge in [-0.15, -0.1) is 0 Å². The second-order valence-electron chi connectivity index (χ2n) is 5.82. The van der Waals surface area contributed by atoms with Crippen LogP contribution in [0.1, 0.15) is 5.56 Å². The summed E-state index contributed by atoms with van der Waals surface area (Å²) in [5, 5.41) is 24.3. The van der Waals surface area contributed by atoms with Crippen LogP contribution in [0.3, 0.4) is 0 Å². The van der Waals surface area contributed by atoms with Gasteiger partial charge in [-0.25, -0.2) is 0 Å². The molecule has 1 aromatic carbocycles. The first-order valence-electron chi connectivity index (χ1n) is 7.90. The third-order valence-corrected chi connectivity index (χ3v) is 3.93. The number of nitrogens with zero attached hydrogens (tertiary/aromatic N) is 4. The minimum absolute atomic E-state index is 0.129. The molecule has 0 saturated heterocycles. The van der Waals surface area contributed by atoms with Crippen molar-refractivity contribution in [3.8, 4) is 5.75 Å². The monoisotopic (exact) mass is 387 g/mol. The summed E-state index contributed by atoms with van der Waals surface area (Å²) < 4.78 is 5.18. The maximum Gasteiger partial charge on any atom is 0.366 e. The first-order chi connectivity index (χ1) is 13.3. The van der Waals surface area contributed by atoms with Gasteiger partial charge >= 0.3 is 5.82 Å². The van der Waals surface area contributed by atoms with Gasteiger partial charge < -0.3 is 20.2 Å². The van der Waals surface area contributed by atoms with E-state index in [2.05, 4.69) is 10.3 Å². The Bertz CT molecular complexity index is 1010. The number of nitrogens with one attached hydrogen (secondary N) is 1. The molecule has 0 fully saturated rings. The summed E-state index contributed by atoms with van der Waals surface area (Å²) >= 11 is 0. The number of pyridine rings is 1. The molecule has 2 heterocycles. The molecule has 1 aliphatic heterocycles. The molecule has 1 aliphatic rings. The number of carbonyl (C=O) groups excluding carboxylic acids is 2. The molecule has 12 heteroatoms. The molecule has 1 aromatic heterocycles. The average Bonchev–Trinajstić information content (AvgIpc) is 2.65. The fourth-order valence-corrected chi connectivity index (χ4v) is 2.52. The number of ether oxygens (including phenoxy) is 1. The summed E-state index contributed by atoms with van der Waals surface area (Å²) in [6.07, 6.45) is 0. The lowest BCUT2D eigenvalue weighted by atomic mass is 10.2. The summed E-state index contributed by atoms with van der Waals surface area (Å²) in [4.78, 5) is 49.8. The highest BCUT2D eigenvalue weighted by Crippen LogP contribution is 2.32. The molecule has 0 bridgehead atoms. The van der Waals surface area contributed by atoms with Crippen molar-refractivity contribution in [2.24, 2.45) is 0 Å². The van der Waals surface area contributed by atoms with Crippen LogP contribution in [-0.2, 0) is 9.59 Å². The highest BCUT2D eigenvalue weighted by Gasteiger charge is 2.33. The summed E-state index contributed by atoms with van der Waals surface area (Å²) in [5.74, 6) is -1.78. The second kappa shape index (κ2) is 7.26. The van der Waals surface area contributed by atoms with Gasteiger partial charge in [0.05, 0.1) is 10.6 Å². The predicted octanol–water partition coefficient (Wildman–Crippen LogP) is 1.57. The Kier molecular flexibility index (Phi) is 4.85. The standard InChI is InChI=1S/C16H13N5O7/c1-9-2-3-10(20(24)25)6-11(9)17-14(22)7-19-15(23)8-28-12-4-5-13(21(26)27)18-16(12)19/h2-6H,7-8H2,1H3,(H,17,22). The molecular formula is C16H13N5O7. The van der Waals surface area contributed by atoms with E-state index in [1.807, 2.05) is 0 Å². The SMILES string of the molecule is Cc1ccc([N+](=O)[O-])cc1NC(=O)CN1C(=O)COc2ccc([N+](=O)[O-])nc21. The number of hydrogen-bond acceptors (Lipinski definition) is 8. The van der Waals surface area contributed by atoms with Gasteiger partial charge in [0, 0.05) is 18.2 Å². The fourth-order valence-electron chi connectivity index (χ4n) is 2.52. The minimum atomic E-state index is -0.732. The first kappa shape index (κ1) is 18.7. The van der Waals surface area contributed by atoms with Gasteiger partial charge in [-0.05, 0) is 28.5 Å². The Morgan fingerprint density at radius 2 is 2.00 bits per heavy atom. The van der Waals surface area contributed by atoms with Gasteiger partial charge in [0.25, 0.3) is 17.4 Å². The number of amides is 2. The van der Waals surface area contributed by atoms with Crippen molar-refractivity contribution in [3.63, 3.8) is 0 Å². The van der Waals surface area contributed by atoms with Crippen molar-refractivity contribution in [3.05, 3.63) is 56.1 Å². The van der Waals surface area contributed by atoms with Crippen LogP contribution < -0.4 is 15.0 Å². The quantitative estimate of drug-likeness (QED) is 0.598. The van der Waals surface area contributed by atoms with Gasteiger partial charge in [-0.1, -0.05) is 6.07 Å². The normalized spacial score (nSPS) is 12.8. The van der Waals surface area contributed by atoms with Crippen LogP contribution in [-0.4, -0.2) is 39.8 Å². The molecule has 0 aliphatic carbocycles. The van der Waals surface area contributed by atoms with Crippen molar-refractivity contribution >= 4 is 34.8 Å². The van der Waals surface area contributed by atoms with Crippen LogP contribution >= 0.6 is 0 Å². The van der Waals surface area contributed by atoms with E-state index in [0.717, 1.165) is 11.0 Å². The Morgan fingerprint density at radius 1 is 1.25 bits per heavy atom. The zero-order chi connectivity index (χ0) is 20.4. The van der Waals surface area contributed by atoms with E-state index in [1.165, 1.54) is 24.3 Å². The Balaban J connectivity index is 1.84. The summed E-state index contributed by atoms with van der Waals surface area (Å²) in [5.41, 5.74) is 0.597. The van der Waals surface area contributed by atoms with Crippen LogP contribution in [0.25, 0.3) is 0 Å². The topological polar surface area (TPSA) is 158 Å². The Morgan fingerprint density at radius 3 is 2.68 bits per heavy atom. The average molecular weight is 387 g/mol. The van der Waals surface area contributed by atoms with Gasteiger partial charge in [0.15, 0.2) is 12.4 Å². The molecule has 0 radical (unpaired) electrons. The lowest BCUT2D eigenvalue weighted by Gasteiger charge is -2.24. The molecule has 2 amide bonds. The zero-order valence-corrected chi connectivity index (χ0v) is 14.4. The number of benzene rings is 1. The van der Waals surface area contributed by atoms with Crippen LogP contribution in [0, 0.1) is 27.2 Å².